The van der Waals surface area contributed by atoms with Crippen molar-refractivity contribution in [3.8, 4) is 0 Å². The number of H-pyrrole nitrogens is 1. The van der Waals surface area contributed by atoms with Crippen LogP contribution in [0.4, 0.5) is 0 Å². The summed E-state index contributed by atoms with van der Waals surface area (Å²) in [7, 11) is 0. The number of rotatable bonds is 7. The smallest absolute Gasteiger partial charge is 0.195 e. The van der Waals surface area contributed by atoms with Crippen LogP contribution in [0.3, 0.4) is 0 Å². The molecule has 0 aliphatic rings. The van der Waals surface area contributed by atoms with Gasteiger partial charge in [-0.2, -0.15) is 5.10 Å². The first-order valence-corrected chi connectivity index (χ1v) is 6.31. The molecule has 0 radical (unpaired) electrons. The van der Waals surface area contributed by atoms with Gasteiger partial charge in [-0.15, -0.1) is 0 Å². The zero-order valence-electron chi connectivity index (χ0n) is 10.3. The molecule has 5 heteroatoms. The molecule has 1 aromatic rings. The lowest BCUT2D eigenvalue weighted by Crippen LogP contribution is -2.12. The number of aromatic nitrogens is 3. The van der Waals surface area contributed by atoms with Crippen LogP contribution in [0.5, 0.6) is 0 Å². The fraction of sp³-hybridized carbons (Fsp3) is 0.818. The van der Waals surface area contributed by atoms with Crippen molar-refractivity contribution in [1.82, 2.24) is 14.8 Å². The van der Waals surface area contributed by atoms with E-state index in [1.807, 2.05) is 11.5 Å². The van der Waals surface area contributed by atoms with Gasteiger partial charge in [0.05, 0.1) is 6.61 Å². The third-order valence-corrected chi connectivity index (χ3v) is 3.04. The second kappa shape index (κ2) is 6.81. The van der Waals surface area contributed by atoms with Crippen LogP contribution in [0.15, 0.2) is 0 Å². The summed E-state index contributed by atoms with van der Waals surface area (Å²) in [4.78, 5) is 0. The molecular weight excluding hydrogens is 222 g/mol. The van der Waals surface area contributed by atoms with Crippen LogP contribution < -0.4 is 0 Å². The second-order valence-corrected chi connectivity index (χ2v) is 4.40. The van der Waals surface area contributed by atoms with Crippen LogP contribution in [0.2, 0.25) is 0 Å². The molecule has 1 unspecified atom stereocenters. The van der Waals surface area contributed by atoms with E-state index in [4.69, 9.17) is 17.0 Å². The van der Waals surface area contributed by atoms with Gasteiger partial charge in [-0.3, -0.25) is 5.10 Å². The Morgan fingerprint density at radius 2 is 2.25 bits per heavy atom. The van der Waals surface area contributed by atoms with Gasteiger partial charge >= 0.3 is 0 Å². The first-order chi connectivity index (χ1) is 7.69. The molecule has 1 rings (SSSR count). The molecule has 0 fully saturated rings. The number of nitrogens with zero attached hydrogens (tertiary/aromatic N) is 2. The van der Waals surface area contributed by atoms with Crippen LogP contribution in [0.25, 0.3) is 0 Å². The minimum atomic E-state index is 0.635. The Morgan fingerprint density at radius 3 is 2.88 bits per heavy atom. The third-order valence-electron chi connectivity index (χ3n) is 2.73. The lowest BCUT2D eigenvalue weighted by Gasteiger charge is -2.10. The molecule has 0 saturated heterocycles. The maximum absolute atomic E-state index is 5.34. The molecule has 0 aliphatic heterocycles. The number of hydrogen-bond donors (Lipinski definition) is 1. The lowest BCUT2D eigenvalue weighted by molar-refractivity contribution is 0.138. The van der Waals surface area contributed by atoms with Gasteiger partial charge in [-0.25, -0.2) is 0 Å². The summed E-state index contributed by atoms with van der Waals surface area (Å²) in [6.07, 6.45) is 2.13. The largest absolute Gasteiger partial charge is 0.380 e. The summed E-state index contributed by atoms with van der Waals surface area (Å²) < 4.78 is 8.07. The van der Waals surface area contributed by atoms with Crippen molar-refractivity contribution in [2.75, 3.05) is 13.2 Å². The van der Waals surface area contributed by atoms with E-state index in [0.717, 1.165) is 31.8 Å². The van der Waals surface area contributed by atoms with E-state index in [9.17, 15) is 0 Å². The van der Waals surface area contributed by atoms with Gasteiger partial charge in [0.25, 0.3) is 0 Å². The number of ether oxygens (including phenoxy) is 1. The van der Waals surface area contributed by atoms with E-state index in [1.54, 1.807) is 0 Å². The summed E-state index contributed by atoms with van der Waals surface area (Å²) in [5, 5.41) is 7.13. The monoisotopic (exact) mass is 243 g/mol. The summed E-state index contributed by atoms with van der Waals surface area (Å²) in [5.41, 5.74) is 0. The summed E-state index contributed by atoms with van der Waals surface area (Å²) in [5.74, 6) is 1.68. The summed E-state index contributed by atoms with van der Waals surface area (Å²) >= 11 is 5.20. The summed E-state index contributed by atoms with van der Waals surface area (Å²) in [6, 6.07) is 0. The average molecular weight is 243 g/mol. The maximum Gasteiger partial charge on any atom is 0.195 e. The third kappa shape index (κ3) is 3.72. The molecule has 16 heavy (non-hydrogen) atoms. The number of nitrogens with one attached hydrogen (secondary N) is 1. The highest BCUT2D eigenvalue weighted by Crippen LogP contribution is 2.09. The predicted molar refractivity (Wildman–Crippen MR) is 67.1 cm³/mol. The standard InChI is InChI=1S/C11H21N3OS/c1-4-9(3)8-10-12-13-11(16)14(10)6-7-15-5-2/h9H,4-8H2,1-3H3,(H,13,16). The Hall–Kier alpha value is -0.680. The van der Waals surface area contributed by atoms with Crippen molar-refractivity contribution in [1.29, 1.82) is 0 Å². The molecule has 4 nitrogen and oxygen atoms in total. The van der Waals surface area contributed by atoms with Gasteiger partial charge in [0.1, 0.15) is 5.82 Å². The van der Waals surface area contributed by atoms with Gasteiger partial charge < -0.3 is 9.30 Å². The SMILES string of the molecule is CCOCCn1c(CC(C)CC)n[nH]c1=S. The van der Waals surface area contributed by atoms with E-state index in [0.29, 0.717) is 17.3 Å². The fourth-order valence-electron chi connectivity index (χ4n) is 1.49. The molecule has 0 bridgehead atoms. The maximum atomic E-state index is 5.34. The zero-order valence-corrected chi connectivity index (χ0v) is 11.1. The Balaban J connectivity index is 2.66. The molecule has 0 saturated carbocycles. The van der Waals surface area contributed by atoms with Crippen LogP contribution in [-0.4, -0.2) is 28.0 Å². The van der Waals surface area contributed by atoms with Gasteiger partial charge in [-0.1, -0.05) is 20.3 Å². The highest BCUT2D eigenvalue weighted by atomic mass is 32.1. The van der Waals surface area contributed by atoms with Crippen molar-refractivity contribution in [2.24, 2.45) is 5.92 Å². The van der Waals surface area contributed by atoms with Crippen LogP contribution >= 0.6 is 12.2 Å². The minimum Gasteiger partial charge on any atom is -0.380 e. The van der Waals surface area contributed by atoms with Crippen molar-refractivity contribution >= 4 is 12.2 Å². The van der Waals surface area contributed by atoms with Crippen molar-refractivity contribution in [3.63, 3.8) is 0 Å². The number of aromatic amines is 1. The van der Waals surface area contributed by atoms with Crippen molar-refractivity contribution in [2.45, 2.75) is 40.2 Å². The normalized spacial score (nSPS) is 12.9. The average Bonchev–Trinajstić information content (AvgIpc) is 2.61. The number of hydrogen-bond acceptors (Lipinski definition) is 3. The Kier molecular flexibility index (Phi) is 5.69. The molecular formula is C11H21N3OS. The Bertz CT molecular complexity index is 358. The second-order valence-electron chi connectivity index (χ2n) is 4.01. The molecule has 1 atom stereocenters. The zero-order chi connectivity index (χ0) is 12.0. The van der Waals surface area contributed by atoms with Crippen LogP contribution in [0, 0.1) is 10.7 Å². The van der Waals surface area contributed by atoms with Gasteiger partial charge in [0.15, 0.2) is 4.77 Å². The van der Waals surface area contributed by atoms with Crippen LogP contribution in [-0.2, 0) is 17.7 Å². The van der Waals surface area contributed by atoms with E-state index in [2.05, 4.69) is 24.0 Å². The van der Waals surface area contributed by atoms with E-state index in [-0.39, 0.29) is 0 Å². The topological polar surface area (TPSA) is 42.8 Å². The van der Waals surface area contributed by atoms with Gasteiger partial charge in [0.2, 0.25) is 0 Å². The van der Waals surface area contributed by atoms with E-state index < -0.39 is 0 Å². The van der Waals surface area contributed by atoms with Gasteiger partial charge in [0, 0.05) is 19.6 Å². The minimum absolute atomic E-state index is 0.635. The summed E-state index contributed by atoms with van der Waals surface area (Å²) in [6.45, 7) is 8.63. The first-order valence-electron chi connectivity index (χ1n) is 5.90. The molecule has 0 aliphatic carbocycles. The van der Waals surface area contributed by atoms with Crippen molar-refractivity contribution in [3.05, 3.63) is 10.6 Å². The van der Waals surface area contributed by atoms with E-state index >= 15 is 0 Å². The molecule has 0 spiro atoms. The molecule has 1 N–H and O–H groups in total. The first kappa shape index (κ1) is 13.4. The predicted octanol–water partition coefficient (Wildman–Crippen LogP) is 2.57. The molecule has 1 aromatic heterocycles. The molecule has 92 valence electrons. The Morgan fingerprint density at radius 1 is 1.50 bits per heavy atom. The molecule has 0 amide bonds. The fourth-order valence-corrected chi connectivity index (χ4v) is 1.74. The van der Waals surface area contributed by atoms with Gasteiger partial charge in [-0.05, 0) is 25.1 Å². The van der Waals surface area contributed by atoms with Crippen LogP contribution in [0.1, 0.15) is 33.0 Å². The molecule has 1 heterocycles. The Labute approximate surface area is 102 Å². The quantitative estimate of drug-likeness (QED) is 0.591. The van der Waals surface area contributed by atoms with Crippen molar-refractivity contribution < 1.29 is 4.74 Å². The van der Waals surface area contributed by atoms with E-state index in [1.165, 1.54) is 0 Å². The molecule has 0 aromatic carbocycles. The lowest BCUT2D eigenvalue weighted by atomic mass is 10.1. The highest BCUT2D eigenvalue weighted by molar-refractivity contribution is 7.71. The highest BCUT2D eigenvalue weighted by Gasteiger charge is 2.09.